The highest BCUT2D eigenvalue weighted by Crippen LogP contribution is 2.36. The minimum absolute atomic E-state index is 0.000458. The number of aliphatic hydroxyl groups is 1. The summed E-state index contributed by atoms with van der Waals surface area (Å²) in [5.74, 6) is 0. The van der Waals surface area contributed by atoms with Gasteiger partial charge in [-0.1, -0.05) is 6.07 Å². The fourth-order valence-corrected chi connectivity index (χ4v) is 2.48. The number of rotatable bonds is 3. The number of aryl methyl sites for hydroxylation is 1. The van der Waals surface area contributed by atoms with Crippen LogP contribution in [0.1, 0.15) is 12.0 Å². The molecule has 4 heteroatoms. The summed E-state index contributed by atoms with van der Waals surface area (Å²) in [6, 6.07) is 6.34. The van der Waals surface area contributed by atoms with Gasteiger partial charge in [0.05, 0.1) is 30.6 Å². The molecular formula is C13H16N2O2. The van der Waals surface area contributed by atoms with Gasteiger partial charge in [-0.25, -0.2) is 4.98 Å². The van der Waals surface area contributed by atoms with Crippen LogP contribution in [0.2, 0.25) is 0 Å². The zero-order valence-electron chi connectivity index (χ0n) is 9.89. The van der Waals surface area contributed by atoms with E-state index in [9.17, 15) is 5.11 Å². The Kier molecular flexibility index (Phi) is 2.42. The molecule has 2 heterocycles. The number of aliphatic hydroxyl groups excluding tert-OH is 1. The number of ether oxygens (including phenoxy) is 1. The number of nitrogens with zero attached hydrogens (tertiary/aromatic N) is 2. The highest BCUT2D eigenvalue weighted by molar-refractivity contribution is 5.76. The van der Waals surface area contributed by atoms with Gasteiger partial charge in [-0.05, 0) is 24.1 Å². The van der Waals surface area contributed by atoms with Gasteiger partial charge in [-0.3, -0.25) is 0 Å². The molecule has 17 heavy (non-hydrogen) atoms. The van der Waals surface area contributed by atoms with E-state index in [2.05, 4.69) is 23.2 Å². The van der Waals surface area contributed by atoms with E-state index < -0.39 is 0 Å². The Labute approximate surface area is 99.8 Å². The van der Waals surface area contributed by atoms with Crippen LogP contribution in [0.25, 0.3) is 11.0 Å². The van der Waals surface area contributed by atoms with Gasteiger partial charge in [0.1, 0.15) is 0 Å². The lowest BCUT2D eigenvalue weighted by atomic mass is 9.76. The first-order chi connectivity index (χ1) is 8.25. The molecule has 2 aromatic rings. The van der Waals surface area contributed by atoms with E-state index >= 15 is 0 Å². The predicted octanol–water partition coefficient (Wildman–Crippen LogP) is 1.22. The van der Waals surface area contributed by atoms with Crippen molar-refractivity contribution in [2.24, 2.45) is 7.05 Å². The lowest BCUT2D eigenvalue weighted by molar-refractivity contribution is -0.0700. The summed E-state index contributed by atoms with van der Waals surface area (Å²) in [7, 11) is 1.99. The molecule has 90 valence electrons. The Morgan fingerprint density at radius 3 is 2.94 bits per heavy atom. The van der Waals surface area contributed by atoms with Crippen LogP contribution in [-0.4, -0.2) is 34.5 Å². The van der Waals surface area contributed by atoms with Crippen LogP contribution in [-0.2, 0) is 17.2 Å². The van der Waals surface area contributed by atoms with Crippen LogP contribution in [0.15, 0.2) is 24.5 Å². The van der Waals surface area contributed by atoms with E-state index in [1.165, 1.54) is 5.56 Å². The lowest BCUT2D eigenvalue weighted by Gasteiger charge is -2.41. The van der Waals surface area contributed by atoms with Crippen molar-refractivity contribution < 1.29 is 9.84 Å². The SMILES string of the molecule is Cn1cnc2cc(C3(CCO)COC3)ccc21. The third kappa shape index (κ3) is 1.56. The van der Waals surface area contributed by atoms with Gasteiger partial charge < -0.3 is 14.4 Å². The van der Waals surface area contributed by atoms with Crippen LogP contribution in [0.4, 0.5) is 0 Å². The molecule has 0 spiro atoms. The molecule has 0 radical (unpaired) electrons. The summed E-state index contributed by atoms with van der Waals surface area (Å²) in [5, 5.41) is 9.17. The predicted molar refractivity (Wildman–Crippen MR) is 64.9 cm³/mol. The van der Waals surface area contributed by atoms with Crippen LogP contribution in [0.3, 0.4) is 0 Å². The van der Waals surface area contributed by atoms with Gasteiger partial charge in [-0.15, -0.1) is 0 Å². The van der Waals surface area contributed by atoms with Gasteiger partial charge in [0, 0.05) is 19.1 Å². The van der Waals surface area contributed by atoms with E-state index in [4.69, 9.17) is 4.74 Å². The standard InChI is InChI=1S/C13H16N2O2/c1-15-9-14-11-6-10(2-3-12(11)15)13(4-5-16)7-17-8-13/h2-3,6,9,16H,4-5,7-8H2,1H3. The van der Waals surface area contributed by atoms with E-state index in [-0.39, 0.29) is 12.0 Å². The molecule has 0 bridgehead atoms. The van der Waals surface area contributed by atoms with Gasteiger partial charge in [0.25, 0.3) is 0 Å². The first-order valence-electron chi connectivity index (χ1n) is 5.85. The summed E-state index contributed by atoms with van der Waals surface area (Å²) in [6.07, 6.45) is 2.58. The highest BCUT2D eigenvalue weighted by atomic mass is 16.5. The average molecular weight is 232 g/mol. The second kappa shape index (κ2) is 3.82. The molecular weight excluding hydrogens is 216 g/mol. The quantitative estimate of drug-likeness (QED) is 0.865. The molecule has 0 aliphatic carbocycles. The second-order valence-corrected chi connectivity index (χ2v) is 4.81. The molecule has 3 rings (SSSR count). The number of benzene rings is 1. The maximum atomic E-state index is 9.17. The van der Waals surface area contributed by atoms with Crippen molar-refractivity contribution in [1.29, 1.82) is 0 Å². The summed E-state index contributed by atoms with van der Waals surface area (Å²) >= 11 is 0. The number of aromatic nitrogens is 2. The van der Waals surface area contributed by atoms with Gasteiger partial charge in [-0.2, -0.15) is 0 Å². The van der Waals surface area contributed by atoms with Crippen molar-refractivity contribution in [2.75, 3.05) is 19.8 Å². The third-order valence-corrected chi connectivity index (χ3v) is 3.68. The molecule has 1 N–H and O–H groups in total. The fourth-order valence-electron chi connectivity index (χ4n) is 2.48. The van der Waals surface area contributed by atoms with Crippen LogP contribution in [0, 0.1) is 0 Å². The van der Waals surface area contributed by atoms with E-state index in [0.717, 1.165) is 17.5 Å². The molecule has 0 unspecified atom stereocenters. The Balaban J connectivity index is 2.05. The van der Waals surface area contributed by atoms with Crippen molar-refractivity contribution in [3.63, 3.8) is 0 Å². The molecule has 1 aromatic heterocycles. The molecule has 1 fully saturated rings. The summed E-state index contributed by atoms with van der Waals surface area (Å²) < 4.78 is 7.33. The number of hydrogen-bond acceptors (Lipinski definition) is 3. The Morgan fingerprint density at radius 2 is 2.29 bits per heavy atom. The Hall–Kier alpha value is -1.39. The molecule has 4 nitrogen and oxygen atoms in total. The molecule has 0 amide bonds. The maximum Gasteiger partial charge on any atom is 0.0955 e. The summed E-state index contributed by atoms with van der Waals surface area (Å²) in [6.45, 7) is 1.60. The topological polar surface area (TPSA) is 47.3 Å². The number of imidazole rings is 1. The van der Waals surface area contributed by atoms with Crippen molar-refractivity contribution in [3.8, 4) is 0 Å². The van der Waals surface area contributed by atoms with E-state index in [1.54, 1.807) is 0 Å². The lowest BCUT2D eigenvalue weighted by Crippen LogP contribution is -2.47. The molecule has 1 aromatic carbocycles. The fraction of sp³-hybridized carbons (Fsp3) is 0.462. The summed E-state index contributed by atoms with van der Waals surface area (Å²) in [4.78, 5) is 4.37. The molecule has 1 saturated heterocycles. The Morgan fingerprint density at radius 1 is 1.47 bits per heavy atom. The monoisotopic (exact) mass is 232 g/mol. The molecule has 1 aliphatic rings. The normalized spacial score (nSPS) is 18.2. The van der Waals surface area contributed by atoms with E-state index in [1.807, 2.05) is 17.9 Å². The van der Waals surface area contributed by atoms with Crippen LogP contribution in [0.5, 0.6) is 0 Å². The first-order valence-corrected chi connectivity index (χ1v) is 5.85. The largest absolute Gasteiger partial charge is 0.396 e. The van der Waals surface area contributed by atoms with Crippen LogP contribution < -0.4 is 0 Å². The van der Waals surface area contributed by atoms with Crippen molar-refractivity contribution in [1.82, 2.24) is 9.55 Å². The highest BCUT2D eigenvalue weighted by Gasteiger charge is 2.39. The maximum absolute atomic E-state index is 9.17. The average Bonchev–Trinajstić information content (AvgIpc) is 2.65. The van der Waals surface area contributed by atoms with Crippen molar-refractivity contribution in [3.05, 3.63) is 30.1 Å². The van der Waals surface area contributed by atoms with Crippen molar-refractivity contribution in [2.45, 2.75) is 11.8 Å². The second-order valence-electron chi connectivity index (χ2n) is 4.81. The summed E-state index contributed by atoms with van der Waals surface area (Å²) in [5.41, 5.74) is 3.37. The first kappa shape index (κ1) is 10.7. The smallest absolute Gasteiger partial charge is 0.0955 e. The number of fused-ring (bicyclic) bond motifs is 1. The van der Waals surface area contributed by atoms with Crippen LogP contribution >= 0.6 is 0 Å². The Bertz CT molecular complexity index is 543. The minimum atomic E-state index is 0.000458. The molecule has 1 aliphatic heterocycles. The van der Waals surface area contributed by atoms with Gasteiger partial charge in [0.15, 0.2) is 0 Å². The molecule has 0 saturated carbocycles. The van der Waals surface area contributed by atoms with Gasteiger partial charge in [0.2, 0.25) is 0 Å². The minimum Gasteiger partial charge on any atom is -0.396 e. The zero-order valence-corrected chi connectivity index (χ0v) is 9.89. The van der Waals surface area contributed by atoms with Gasteiger partial charge >= 0.3 is 0 Å². The zero-order chi connectivity index (χ0) is 11.9. The van der Waals surface area contributed by atoms with E-state index in [0.29, 0.717) is 13.2 Å². The van der Waals surface area contributed by atoms with Crippen molar-refractivity contribution >= 4 is 11.0 Å². The number of hydrogen-bond donors (Lipinski definition) is 1. The third-order valence-electron chi connectivity index (χ3n) is 3.68. The molecule has 0 atom stereocenters.